The van der Waals surface area contributed by atoms with E-state index in [1.807, 2.05) is 23.0 Å². The molecule has 0 amide bonds. The number of benzene rings is 3. The van der Waals surface area contributed by atoms with Gasteiger partial charge >= 0.3 is 0 Å². The van der Waals surface area contributed by atoms with E-state index in [4.69, 9.17) is 0 Å². The molecule has 0 unspecified atom stereocenters. The van der Waals surface area contributed by atoms with Crippen molar-refractivity contribution >= 4 is 32.3 Å². The first kappa shape index (κ1) is 19.6. The van der Waals surface area contributed by atoms with Crippen LogP contribution < -0.4 is 0 Å². The number of aromatic nitrogens is 2. The van der Waals surface area contributed by atoms with Crippen LogP contribution in [0.25, 0.3) is 26.7 Å². The van der Waals surface area contributed by atoms with Gasteiger partial charge in [0.05, 0.1) is 23.5 Å². The molecule has 160 valence electrons. The summed E-state index contributed by atoms with van der Waals surface area (Å²) < 4.78 is 16.5. The highest BCUT2D eigenvalue weighted by Gasteiger charge is 2.40. The van der Waals surface area contributed by atoms with Gasteiger partial charge < -0.3 is 5.11 Å². The molecule has 0 radical (unpaired) electrons. The van der Waals surface area contributed by atoms with Gasteiger partial charge in [0.15, 0.2) is 0 Å². The summed E-state index contributed by atoms with van der Waals surface area (Å²) in [5, 5.41) is 20.5. The van der Waals surface area contributed by atoms with Crippen molar-refractivity contribution in [1.82, 2.24) is 9.78 Å². The Bertz CT molecular complexity index is 1450. The number of rotatable bonds is 3. The third-order valence-electron chi connectivity index (χ3n) is 7.03. The van der Waals surface area contributed by atoms with Gasteiger partial charge in [-0.3, -0.25) is 0 Å². The van der Waals surface area contributed by atoms with Crippen molar-refractivity contribution in [2.75, 3.05) is 0 Å². The normalized spacial score (nSPS) is 19.3. The Morgan fingerprint density at radius 2 is 1.94 bits per heavy atom. The maximum absolute atomic E-state index is 13.4. The largest absolute Gasteiger partial charge is 0.387 e. The summed E-state index contributed by atoms with van der Waals surface area (Å²) in [7, 11) is 0. The highest BCUT2D eigenvalue weighted by Crippen LogP contribution is 2.49. The molecule has 0 saturated heterocycles. The predicted molar refractivity (Wildman–Crippen MR) is 128 cm³/mol. The van der Waals surface area contributed by atoms with Crippen LogP contribution >= 0.6 is 11.3 Å². The minimum Gasteiger partial charge on any atom is -0.387 e. The maximum atomic E-state index is 13.4. The minimum atomic E-state index is -0.581. The number of nitrogens with zero attached hydrogens (tertiary/aromatic N) is 2. The van der Waals surface area contributed by atoms with Crippen molar-refractivity contribution in [2.45, 2.75) is 37.7 Å². The van der Waals surface area contributed by atoms with Crippen molar-refractivity contribution in [2.24, 2.45) is 0 Å². The molecule has 0 saturated carbocycles. The van der Waals surface area contributed by atoms with Gasteiger partial charge in [-0.05, 0) is 89.2 Å². The second-order valence-corrected chi connectivity index (χ2v) is 9.87. The third-order valence-corrected chi connectivity index (χ3v) is 8.01. The SMILES string of the molecule is C[C@@]1([C@@H](O)c2csc3ccccc23)CCCc2cc3c(cnn3-c3ccc(F)cc3)cc21. The fraction of sp³-hybridized carbons (Fsp3) is 0.222. The molecule has 3 nitrogen and oxygen atoms in total. The molecule has 0 bridgehead atoms. The van der Waals surface area contributed by atoms with Gasteiger partial charge in [-0.25, -0.2) is 9.07 Å². The van der Waals surface area contributed by atoms with Gasteiger partial charge in [0, 0.05) is 15.5 Å². The summed E-state index contributed by atoms with van der Waals surface area (Å²) in [4.78, 5) is 0. The summed E-state index contributed by atoms with van der Waals surface area (Å²) in [5.41, 5.74) is 4.96. The summed E-state index contributed by atoms with van der Waals surface area (Å²) in [6, 6.07) is 19.1. The van der Waals surface area contributed by atoms with Crippen LogP contribution in [0.1, 0.15) is 42.6 Å². The number of aryl methyl sites for hydroxylation is 1. The van der Waals surface area contributed by atoms with Gasteiger partial charge in [-0.2, -0.15) is 5.10 Å². The molecule has 2 atom stereocenters. The van der Waals surface area contributed by atoms with Crippen molar-refractivity contribution < 1.29 is 9.50 Å². The Balaban J connectivity index is 1.47. The number of fused-ring (bicyclic) bond motifs is 3. The van der Waals surface area contributed by atoms with Gasteiger partial charge in [-0.15, -0.1) is 11.3 Å². The molecule has 1 aliphatic rings. The van der Waals surface area contributed by atoms with Crippen LogP contribution in [0.2, 0.25) is 0 Å². The van der Waals surface area contributed by atoms with Crippen molar-refractivity contribution in [3.05, 3.63) is 94.7 Å². The zero-order valence-electron chi connectivity index (χ0n) is 17.8. The van der Waals surface area contributed by atoms with Gasteiger partial charge in [0.1, 0.15) is 5.82 Å². The molecule has 0 spiro atoms. The summed E-state index contributed by atoms with van der Waals surface area (Å²) in [6.45, 7) is 2.19. The lowest BCUT2D eigenvalue weighted by Crippen LogP contribution is -2.34. The van der Waals surface area contributed by atoms with E-state index in [1.54, 1.807) is 23.5 Å². The molecule has 32 heavy (non-hydrogen) atoms. The van der Waals surface area contributed by atoms with E-state index in [0.717, 1.165) is 46.8 Å². The van der Waals surface area contributed by atoms with Gasteiger partial charge in [0.2, 0.25) is 0 Å². The van der Waals surface area contributed by atoms with Crippen LogP contribution in [0.3, 0.4) is 0 Å². The smallest absolute Gasteiger partial charge is 0.123 e. The van der Waals surface area contributed by atoms with E-state index >= 15 is 0 Å². The monoisotopic (exact) mass is 442 g/mol. The number of aliphatic hydroxyl groups is 1. The minimum absolute atomic E-state index is 0.256. The highest BCUT2D eigenvalue weighted by molar-refractivity contribution is 7.17. The highest BCUT2D eigenvalue weighted by atomic mass is 32.1. The number of halogens is 1. The molecule has 3 aromatic carbocycles. The van der Waals surface area contributed by atoms with Crippen LogP contribution in [-0.2, 0) is 11.8 Å². The van der Waals surface area contributed by atoms with Crippen molar-refractivity contribution in [3.63, 3.8) is 0 Å². The van der Waals surface area contributed by atoms with Gasteiger partial charge in [-0.1, -0.05) is 25.1 Å². The molecule has 0 fully saturated rings. The number of hydrogen-bond acceptors (Lipinski definition) is 3. The molecule has 5 aromatic rings. The molecule has 5 heteroatoms. The number of aliphatic hydroxyl groups excluding tert-OH is 1. The third kappa shape index (κ3) is 2.92. The van der Waals surface area contributed by atoms with E-state index in [-0.39, 0.29) is 11.2 Å². The van der Waals surface area contributed by atoms with E-state index in [2.05, 4.69) is 41.7 Å². The molecule has 0 aliphatic heterocycles. The molecule has 2 heterocycles. The lowest BCUT2D eigenvalue weighted by atomic mass is 9.66. The second-order valence-electron chi connectivity index (χ2n) is 8.96. The summed E-state index contributed by atoms with van der Waals surface area (Å²) in [5.74, 6) is -0.256. The molecule has 2 aromatic heterocycles. The van der Waals surface area contributed by atoms with Gasteiger partial charge in [0.25, 0.3) is 0 Å². The number of thiophene rings is 1. The fourth-order valence-electron chi connectivity index (χ4n) is 5.26. The topological polar surface area (TPSA) is 38.1 Å². The van der Waals surface area contributed by atoms with Crippen LogP contribution in [0.15, 0.2) is 72.2 Å². The first-order chi connectivity index (χ1) is 15.5. The molecule has 6 rings (SSSR count). The Kier molecular flexibility index (Phi) is 4.46. The second kappa shape index (κ2) is 7.26. The molecule has 1 aliphatic carbocycles. The van der Waals surface area contributed by atoms with Crippen LogP contribution in [0.4, 0.5) is 4.39 Å². The van der Waals surface area contributed by atoms with Crippen molar-refractivity contribution in [1.29, 1.82) is 0 Å². The Hall–Kier alpha value is -3.02. The number of hydrogen-bond donors (Lipinski definition) is 1. The Labute approximate surface area is 189 Å². The van der Waals surface area contributed by atoms with E-state index < -0.39 is 6.10 Å². The average Bonchev–Trinajstić information content (AvgIpc) is 3.42. The lowest BCUT2D eigenvalue weighted by Gasteiger charge is -2.40. The lowest BCUT2D eigenvalue weighted by molar-refractivity contribution is 0.0799. The van der Waals surface area contributed by atoms with Crippen molar-refractivity contribution in [3.8, 4) is 5.69 Å². The zero-order valence-corrected chi connectivity index (χ0v) is 18.6. The predicted octanol–water partition coefficient (Wildman–Crippen LogP) is 6.71. The van der Waals surface area contributed by atoms with Crippen LogP contribution in [0, 0.1) is 5.82 Å². The summed E-state index contributed by atoms with van der Waals surface area (Å²) in [6.07, 6.45) is 4.22. The quantitative estimate of drug-likeness (QED) is 0.337. The first-order valence-electron chi connectivity index (χ1n) is 11.0. The van der Waals surface area contributed by atoms with E-state index in [9.17, 15) is 9.50 Å². The molecular weight excluding hydrogens is 419 g/mol. The Morgan fingerprint density at radius 1 is 1.12 bits per heavy atom. The van der Waals surface area contributed by atoms with E-state index in [1.165, 1.54) is 28.0 Å². The zero-order chi connectivity index (χ0) is 21.9. The maximum Gasteiger partial charge on any atom is 0.123 e. The first-order valence-corrected chi connectivity index (χ1v) is 11.8. The van der Waals surface area contributed by atoms with E-state index in [0.29, 0.717) is 0 Å². The molecular formula is C27H23FN2OS. The Morgan fingerprint density at radius 3 is 2.78 bits per heavy atom. The average molecular weight is 443 g/mol. The molecule has 1 N–H and O–H groups in total. The standard InChI is InChI=1S/C27H23FN2OS/c1-27(26(31)22-16-32-25-7-3-2-6-21(22)25)12-4-5-17-14-24-18(13-23(17)27)15-29-30(24)20-10-8-19(28)9-11-20/h2-3,6-11,13-16,26,31H,4-5,12H2,1H3/t26-,27+/m0/s1. The fourth-order valence-corrected chi connectivity index (χ4v) is 6.24. The van der Waals surface area contributed by atoms with Crippen LogP contribution in [-0.4, -0.2) is 14.9 Å². The van der Waals surface area contributed by atoms with Crippen LogP contribution in [0.5, 0.6) is 0 Å². The summed E-state index contributed by atoms with van der Waals surface area (Å²) >= 11 is 1.69.